The first-order valence-corrected chi connectivity index (χ1v) is 6.54. The van der Waals surface area contributed by atoms with E-state index < -0.39 is 0 Å². The summed E-state index contributed by atoms with van der Waals surface area (Å²) in [6, 6.07) is 7.29. The summed E-state index contributed by atoms with van der Waals surface area (Å²) < 4.78 is 5.23. The first kappa shape index (κ1) is 12.6. The Balaban J connectivity index is 1.65. The molecule has 0 amide bonds. The maximum Gasteiger partial charge on any atom is 0.257 e. The first-order valence-electron chi connectivity index (χ1n) is 6.16. The minimum absolute atomic E-state index is 0.249. The minimum atomic E-state index is 0.249. The van der Waals surface area contributed by atoms with E-state index in [-0.39, 0.29) is 6.61 Å². The van der Waals surface area contributed by atoms with Crippen LogP contribution in [0.15, 0.2) is 28.8 Å². The molecular formula is C13H14ClN3O2. The van der Waals surface area contributed by atoms with E-state index in [4.69, 9.17) is 21.2 Å². The van der Waals surface area contributed by atoms with Crippen molar-refractivity contribution in [1.82, 2.24) is 15.0 Å². The number of nitrogens with zero attached hydrogens (tertiary/aromatic N) is 3. The van der Waals surface area contributed by atoms with E-state index in [1.54, 1.807) is 12.1 Å². The van der Waals surface area contributed by atoms with Crippen molar-refractivity contribution in [3.63, 3.8) is 0 Å². The molecule has 0 aliphatic carbocycles. The van der Waals surface area contributed by atoms with Crippen molar-refractivity contribution in [1.29, 1.82) is 0 Å². The van der Waals surface area contributed by atoms with Crippen molar-refractivity contribution >= 4 is 11.6 Å². The summed E-state index contributed by atoms with van der Waals surface area (Å²) >= 11 is 5.83. The van der Waals surface area contributed by atoms with Crippen molar-refractivity contribution in [3.8, 4) is 11.5 Å². The predicted molar refractivity (Wildman–Crippen MR) is 70.6 cm³/mol. The first-order chi connectivity index (χ1) is 9.24. The van der Waals surface area contributed by atoms with E-state index >= 15 is 0 Å². The maximum absolute atomic E-state index is 8.96. The lowest BCUT2D eigenvalue weighted by atomic mass is 10.0. The average molecular weight is 280 g/mol. The third-order valence-electron chi connectivity index (χ3n) is 3.22. The van der Waals surface area contributed by atoms with Crippen LogP contribution in [0.3, 0.4) is 0 Å². The second-order valence-electron chi connectivity index (χ2n) is 4.77. The lowest BCUT2D eigenvalue weighted by molar-refractivity contribution is 0.0454. The third kappa shape index (κ3) is 2.78. The highest BCUT2D eigenvalue weighted by Gasteiger charge is 2.27. The number of rotatable bonds is 4. The van der Waals surface area contributed by atoms with Gasteiger partial charge in [0.1, 0.15) is 0 Å². The van der Waals surface area contributed by atoms with Crippen LogP contribution < -0.4 is 0 Å². The molecule has 19 heavy (non-hydrogen) atoms. The van der Waals surface area contributed by atoms with Gasteiger partial charge in [0.25, 0.3) is 5.89 Å². The molecule has 0 unspecified atom stereocenters. The number of hydrogen-bond acceptors (Lipinski definition) is 5. The average Bonchev–Trinajstić information content (AvgIpc) is 2.82. The molecule has 0 saturated carbocycles. The fourth-order valence-electron chi connectivity index (χ4n) is 2.15. The quantitative estimate of drug-likeness (QED) is 0.925. The molecule has 1 N–H and O–H groups in total. The zero-order valence-corrected chi connectivity index (χ0v) is 11.0. The van der Waals surface area contributed by atoms with Gasteiger partial charge >= 0.3 is 0 Å². The SMILES string of the molecule is OCC1CN(Cc2noc(-c3ccc(Cl)cc3)n2)C1. The van der Waals surface area contributed by atoms with Crippen molar-refractivity contribution in [3.05, 3.63) is 35.1 Å². The Morgan fingerprint density at radius 1 is 1.32 bits per heavy atom. The molecule has 100 valence electrons. The number of halogens is 1. The molecule has 1 aromatic heterocycles. The van der Waals surface area contributed by atoms with Gasteiger partial charge in [-0.25, -0.2) is 0 Å². The standard InChI is InChI=1S/C13H14ClN3O2/c14-11-3-1-10(2-4-11)13-15-12(16-19-13)7-17-5-9(6-17)8-18/h1-4,9,18H,5-8H2. The Kier molecular flexibility index (Phi) is 3.50. The van der Waals surface area contributed by atoms with E-state index in [0.29, 0.717) is 29.2 Å². The second-order valence-corrected chi connectivity index (χ2v) is 5.20. The van der Waals surface area contributed by atoms with Gasteiger partial charge in [-0.1, -0.05) is 16.8 Å². The molecule has 1 saturated heterocycles. The van der Waals surface area contributed by atoms with Gasteiger partial charge in [-0.15, -0.1) is 0 Å². The summed E-state index contributed by atoms with van der Waals surface area (Å²) in [4.78, 5) is 6.54. The van der Waals surface area contributed by atoms with Crippen LogP contribution in [0, 0.1) is 5.92 Å². The second kappa shape index (κ2) is 5.28. The molecular weight excluding hydrogens is 266 g/mol. The van der Waals surface area contributed by atoms with Crippen LogP contribution >= 0.6 is 11.6 Å². The maximum atomic E-state index is 8.96. The van der Waals surface area contributed by atoms with Gasteiger partial charge in [0.15, 0.2) is 5.82 Å². The summed E-state index contributed by atoms with van der Waals surface area (Å²) in [5.74, 6) is 1.56. The lowest BCUT2D eigenvalue weighted by Gasteiger charge is -2.37. The third-order valence-corrected chi connectivity index (χ3v) is 3.47. The number of hydrogen-bond donors (Lipinski definition) is 1. The van der Waals surface area contributed by atoms with Crippen molar-refractivity contribution in [2.75, 3.05) is 19.7 Å². The van der Waals surface area contributed by atoms with E-state index in [1.165, 1.54) is 0 Å². The Morgan fingerprint density at radius 3 is 2.74 bits per heavy atom. The predicted octanol–water partition coefficient (Wildman–Crippen LogP) is 1.81. The summed E-state index contributed by atoms with van der Waals surface area (Å²) in [5.41, 5.74) is 0.861. The summed E-state index contributed by atoms with van der Waals surface area (Å²) in [6.07, 6.45) is 0. The van der Waals surface area contributed by atoms with E-state index in [9.17, 15) is 0 Å². The summed E-state index contributed by atoms with van der Waals surface area (Å²) in [7, 11) is 0. The molecule has 6 heteroatoms. The number of benzene rings is 1. The Labute approximate surface area is 115 Å². The summed E-state index contributed by atoms with van der Waals surface area (Å²) in [5, 5.41) is 13.6. The molecule has 1 aliphatic heterocycles. The molecule has 1 aromatic carbocycles. The van der Waals surface area contributed by atoms with Gasteiger partial charge in [-0.2, -0.15) is 4.98 Å². The Bertz CT molecular complexity index is 549. The van der Waals surface area contributed by atoms with Gasteiger partial charge in [-0.05, 0) is 24.3 Å². The largest absolute Gasteiger partial charge is 0.396 e. The molecule has 1 aliphatic rings. The highest BCUT2D eigenvalue weighted by atomic mass is 35.5. The molecule has 1 fully saturated rings. The molecule has 0 spiro atoms. The molecule has 3 rings (SSSR count). The van der Waals surface area contributed by atoms with Crippen LogP contribution in [0.4, 0.5) is 0 Å². The van der Waals surface area contributed by atoms with E-state index in [2.05, 4.69) is 15.0 Å². The zero-order valence-electron chi connectivity index (χ0n) is 10.3. The fraction of sp³-hybridized carbons (Fsp3) is 0.385. The van der Waals surface area contributed by atoms with Crippen molar-refractivity contribution in [2.24, 2.45) is 5.92 Å². The Morgan fingerprint density at radius 2 is 2.05 bits per heavy atom. The Hall–Kier alpha value is -1.43. The van der Waals surface area contributed by atoms with Gasteiger partial charge in [0, 0.05) is 36.2 Å². The fourth-order valence-corrected chi connectivity index (χ4v) is 2.28. The molecule has 2 aromatic rings. The van der Waals surface area contributed by atoms with Gasteiger partial charge in [0.2, 0.25) is 0 Å². The minimum Gasteiger partial charge on any atom is -0.396 e. The highest BCUT2D eigenvalue weighted by molar-refractivity contribution is 6.30. The van der Waals surface area contributed by atoms with Crippen LogP contribution in [-0.4, -0.2) is 39.8 Å². The van der Waals surface area contributed by atoms with Crippen LogP contribution in [0.5, 0.6) is 0 Å². The highest BCUT2D eigenvalue weighted by Crippen LogP contribution is 2.21. The zero-order chi connectivity index (χ0) is 13.2. The number of aliphatic hydroxyl groups excluding tert-OH is 1. The van der Waals surface area contributed by atoms with Crippen LogP contribution in [0.2, 0.25) is 5.02 Å². The number of aromatic nitrogens is 2. The van der Waals surface area contributed by atoms with Crippen LogP contribution in [0.1, 0.15) is 5.82 Å². The van der Waals surface area contributed by atoms with Crippen LogP contribution in [-0.2, 0) is 6.54 Å². The molecule has 0 radical (unpaired) electrons. The van der Waals surface area contributed by atoms with Gasteiger partial charge in [-0.3, -0.25) is 4.90 Å². The topological polar surface area (TPSA) is 62.4 Å². The van der Waals surface area contributed by atoms with Gasteiger partial charge < -0.3 is 9.63 Å². The van der Waals surface area contributed by atoms with E-state index in [1.807, 2.05) is 12.1 Å². The molecule has 2 heterocycles. The number of likely N-dealkylation sites (tertiary alicyclic amines) is 1. The summed E-state index contributed by atoms with van der Waals surface area (Å²) in [6.45, 7) is 2.69. The normalized spacial score (nSPS) is 16.5. The van der Waals surface area contributed by atoms with Crippen molar-refractivity contribution < 1.29 is 9.63 Å². The molecule has 5 nitrogen and oxygen atoms in total. The van der Waals surface area contributed by atoms with E-state index in [0.717, 1.165) is 18.7 Å². The lowest BCUT2D eigenvalue weighted by Crippen LogP contribution is -2.47. The molecule has 0 bridgehead atoms. The molecule has 0 atom stereocenters. The van der Waals surface area contributed by atoms with Crippen molar-refractivity contribution in [2.45, 2.75) is 6.54 Å². The smallest absolute Gasteiger partial charge is 0.257 e. The monoisotopic (exact) mass is 279 g/mol. The van der Waals surface area contributed by atoms with Gasteiger partial charge in [0.05, 0.1) is 6.54 Å². The number of aliphatic hydroxyl groups is 1. The van der Waals surface area contributed by atoms with Crippen LogP contribution in [0.25, 0.3) is 11.5 Å².